The molecule has 0 unspecified atom stereocenters. The summed E-state index contributed by atoms with van der Waals surface area (Å²) in [5, 5.41) is 0. The maximum Gasteiger partial charge on any atom is 0.0702 e. The van der Waals surface area contributed by atoms with Crippen LogP contribution in [0.25, 0.3) is 0 Å². The van der Waals surface area contributed by atoms with Crippen LogP contribution >= 0.6 is 0 Å². The van der Waals surface area contributed by atoms with Crippen LogP contribution in [0.1, 0.15) is 25.7 Å². The van der Waals surface area contributed by atoms with Crippen LogP contribution in [0.3, 0.4) is 0 Å². The Bertz CT molecular complexity index is 183. The number of ether oxygens (including phenoxy) is 3. The Labute approximate surface area is 104 Å². The zero-order chi connectivity index (χ0) is 11.9. The minimum Gasteiger partial charge on any atom is -0.383 e. The molecule has 4 heteroatoms. The van der Waals surface area contributed by atoms with E-state index >= 15 is 0 Å². The highest BCUT2D eigenvalue weighted by atomic mass is 16.5. The minimum atomic E-state index is 0.424. The lowest BCUT2D eigenvalue weighted by Gasteiger charge is -2.27. The molecule has 0 amide bonds. The maximum atomic E-state index is 5.70. The van der Waals surface area contributed by atoms with Crippen molar-refractivity contribution in [2.75, 3.05) is 46.6 Å². The van der Waals surface area contributed by atoms with E-state index in [1.807, 2.05) is 0 Å². The highest BCUT2D eigenvalue weighted by Crippen LogP contribution is 2.17. The third-order valence-electron chi connectivity index (χ3n) is 3.58. The second-order valence-corrected chi connectivity index (χ2v) is 5.02. The Morgan fingerprint density at radius 1 is 1.06 bits per heavy atom. The van der Waals surface area contributed by atoms with Gasteiger partial charge in [0.15, 0.2) is 0 Å². The summed E-state index contributed by atoms with van der Waals surface area (Å²) >= 11 is 0. The van der Waals surface area contributed by atoms with Crippen LogP contribution < -0.4 is 0 Å². The van der Waals surface area contributed by atoms with Gasteiger partial charge in [-0.15, -0.1) is 0 Å². The Hall–Kier alpha value is -0.160. The van der Waals surface area contributed by atoms with Gasteiger partial charge >= 0.3 is 0 Å². The molecular formula is C13H25NO3. The molecule has 2 atom stereocenters. The molecule has 17 heavy (non-hydrogen) atoms. The van der Waals surface area contributed by atoms with Crippen LogP contribution in [-0.4, -0.2) is 63.7 Å². The first-order valence-electron chi connectivity index (χ1n) is 6.83. The fraction of sp³-hybridized carbons (Fsp3) is 1.00. The van der Waals surface area contributed by atoms with E-state index in [1.165, 1.54) is 25.7 Å². The van der Waals surface area contributed by atoms with Gasteiger partial charge in [-0.25, -0.2) is 0 Å². The molecule has 100 valence electrons. The molecule has 0 aromatic carbocycles. The van der Waals surface area contributed by atoms with E-state index in [2.05, 4.69) is 4.90 Å². The van der Waals surface area contributed by atoms with E-state index < -0.39 is 0 Å². The van der Waals surface area contributed by atoms with Gasteiger partial charge in [-0.2, -0.15) is 0 Å². The molecule has 0 aromatic heterocycles. The van der Waals surface area contributed by atoms with Crippen LogP contribution in [0.2, 0.25) is 0 Å². The van der Waals surface area contributed by atoms with Crippen LogP contribution in [-0.2, 0) is 14.2 Å². The normalized spacial score (nSPS) is 29.3. The molecule has 4 nitrogen and oxygen atoms in total. The lowest BCUT2D eigenvalue weighted by atomic mass is 10.2. The second-order valence-electron chi connectivity index (χ2n) is 5.02. The first-order valence-corrected chi connectivity index (χ1v) is 6.83. The minimum absolute atomic E-state index is 0.424. The third-order valence-corrected chi connectivity index (χ3v) is 3.58. The van der Waals surface area contributed by atoms with Crippen molar-refractivity contribution in [3.8, 4) is 0 Å². The lowest BCUT2D eigenvalue weighted by molar-refractivity contribution is 0.0279. The zero-order valence-corrected chi connectivity index (χ0v) is 10.9. The number of methoxy groups -OCH3 is 1. The monoisotopic (exact) mass is 243 g/mol. The summed E-state index contributed by atoms with van der Waals surface area (Å²) in [6, 6.07) is 0. The average molecular weight is 243 g/mol. The van der Waals surface area contributed by atoms with Crippen molar-refractivity contribution in [3.63, 3.8) is 0 Å². The SMILES string of the molecule is COCCN(C[C@H]1CCCO1)C[C@H]1CCCO1. The smallest absolute Gasteiger partial charge is 0.0702 e. The molecule has 2 rings (SSSR count). The molecule has 2 fully saturated rings. The first-order chi connectivity index (χ1) is 8.38. The standard InChI is InChI=1S/C13H25NO3/c1-15-9-6-14(10-12-4-2-7-16-12)11-13-5-3-8-17-13/h12-13H,2-11H2,1H3/t12-,13-/m1/s1. The summed E-state index contributed by atoms with van der Waals surface area (Å²) < 4.78 is 16.6. The summed E-state index contributed by atoms with van der Waals surface area (Å²) in [5.74, 6) is 0. The quantitative estimate of drug-likeness (QED) is 0.674. The molecule has 0 spiro atoms. The fourth-order valence-electron chi connectivity index (χ4n) is 2.63. The van der Waals surface area contributed by atoms with Crippen molar-refractivity contribution in [2.24, 2.45) is 0 Å². The van der Waals surface area contributed by atoms with Crippen LogP contribution in [0.5, 0.6) is 0 Å². The number of hydrogen-bond acceptors (Lipinski definition) is 4. The number of hydrogen-bond donors (Lipinski definition) is 0. The largest absolute Gasteiger partial charge is 0.383 e. The number of rotatable bonds is 7. The Balaban J connectivity index is 1.74. The molecule has 2 saturated heterocycles. The molecular weight excluding hydrogens is 218 g/mol. The van der Waals surface area contributed by atoms with E-state index in [4.69, 9.17) is 14.2 Å². The third kappa shape index (κ3) is 4.54. The van der Waals surface area contributed by atoms with Gasteiger partial charge in [0.1, 0.15) is 0 Å². The molecule has 0 radical (unpaired) electrons. The molecule has 0 N–H and O–H groups in total. The van der Waals surface area contributed by atoms with Crippen molar-refractivity contribution in [3.05, 3.63) is 0 Å². The topological polar surface area (TPSA) is 30.9 Å². The van der Waals surface area contributed by atoms with E-state index in [0.29, 0.717) is 12.2 Å². The maximum absolute atomic E-state index is 5.70. The van der Waals surface area contributed by atoms with Crippen molar-refractivity contribution >= 4 is 0 Å². The molecule has 0 saturated carbocycles. The van der Waals surface area contributed by atoms with Crippen LogP contribution in [0.4, 0.5) is 0 Å². The van der Waals surface area contributed by atoms with Gasteiger partial charge in [-0.05, 0) is 25.7 Å². The molecule has 2 aliphatic rings. The highest BCUT2D eigenvalue weighted by Gasteiger charge is 2.23. The van der Waals surface area contributed by atoms with E-state index in [-0.39, 0.29) is 0 Å². The fourth-order valence-corrected chi connectivity index (χ4v) is 2.63. The molecule has 0 aliphatic carbocycles. The Morgan fingerprint density at radius 2 is 1.65 bits per heavy atom. The van der Waals surface area contributed by atoms with Crippen molar-refractivity contribution in [1.29, 1.82) is 0 Å². The predicted molar refractivity (Wildman–Crippen MR) is 66.3 cm³/mol. The van der Waals surface area contributed by atoms with Gasteiger partial charge in [0.05, 0.1) is 18.8 Å². The van der Waals surface area contributed by atoms with Crippen molar-refractivity contribution in [2.45, 2.75) is 37.9 Å². The van der Waals surface area contributed by atoms with Gasteiger partial charge in [0.2, 0.25) is 0 Å². The van der Waals surface area contributed by atoms with Gasteiger partial charge in [0, 0.05) is 40.0 Å². The van der Waals surface area contributed by atoms with E-state index in [0.717, 1.165) is 39.5 Å². The Morgan fingerprint density at radius 3 is 2.06 bits per heavy atom. The molecule has 0 aromatic rings. The molecule has 2 heterocycles. The summed E-state index contributed by atoms with van der Waals surface area (Å²) in [5.41, 5.74) is 0. The van der Waals surface area contributed by atoms with Crippen molar-refractivity contribution < 1.29 is 14.2 Å². The van der Waals surface area contributed by atoms with Gasteiger partial charge in [0.25, 0.3) is 0 Å². The Kier molecular flexibility index (Phi) is 5.71. The first kappa shape index (κ1) is 13.3. The molecule has 0 bridgehead atoms. The molecule has 2 aliphatic heterocycles. The van der Waals surface area contributed by atoms with Crippen LogP contribution in [0, 0.1) is 0 Å². The summed E-state index contributed by atoms with van der Waals surface area (Å²) in [4.78, 5) is 2.44. The lowest BCUT2D eigenvalue weighted by Crippen LogP contribution is -2.39. The van der Waals surface area contributed by atoms with Crippen molar-refractivity contribution in [1.82, 2.24) is 4.90 Å². The summed E-state index contributed by atoms with van der Waals surface area (Å²) in [7, 11) is 1.76. The van der Waals surface area contributed by atoms with Gasteiger partial charge < -0.3 is 14.2 Å². The highest BCUT2D eigenvalue weighted by molar-refractivity contribution is 4.75. The van der Waals surface area contributed by atoms with E-state index in [1.54, 1.807) is 7.11 Å². The second kappa shape index (κ2) is 7.31. The number of nitrogens with zero attached hydrogens (tertiary/aromatic N) is 1. The van der Waals surface area contributed by atoms with E-state index in [9.17, 15) is 0 Å². The average Bonchev–Trinajstić information content (AvgIpc) is 2.99. The van der Waals surface area contributed by atoms with Gasteiger partial charge in [-0.1, -0.05) is 0 Å². The van der Waals surface area contributed by atoms with Crippen LogP contribution in [0.15, 0.2) is 0 Å². The summed E-state index contributed by atoms with van der Waals surface area (Å²) in [6.07, 6.45) is 5.68. The summed E-state index contributed by atoms with van der Waals surface area (Å²) in [6.45, 7) is 5.70. The predicted octanol–water partition coefficient (Wildman–Crippen LogP) is 1.29. The van der Waals surface area contributed by atoms with Gasteiger partial charge in [-0.3, -0.25) is 4.90 Å². The zero-order valence-electron chi connectivity index (χ0n) is 10.9.